The van der Waals surface area contributed by atoms with Crippen LogP contribution in [0.1, 0.15) is 31.7 Å². The number of carboxylic acid groups (broad SMARTS) is 1. The second kappa shape index (κ2) is 5.10. The molecule has 0 saturated carbocycles. The number of hydrogen-bond donors (Lipinski definition) is 1. The third kappa shape index (κ3) is 2.56. The summed E-state index contributed by atoms with van der Waals surface area (Å²) in [7, 11) is 1.89. The molecular formula is C13H21N3O2. The van der Waals surface area contributed by atoms with Crippen LogP contribution >= 0.6 is 0 Å². The first kappa shape index (κ1) is 13.1. The summed E-state index contributed by atoms with van der Waals surface area (Å²) in [4.78, 5) is 13.5. The van der Waals surface area contributed by atoms with Gasteiger partial charge in [0, 0.05) is 19.8 Å². The molecule has 1 aliphatic heterocycles. The van der Waals surface area contributed by atoms with Gasteiger partial charge in [0.25, 0.3) is 0 Å². The topological polar surface area (TPSA) is 58.4 Å². The van der Waals surface area contributed by atoms with Crippen LogP contribution in [0.5, 0.6) is 0 Å². The minimum Gasteiger partial charge on any atom is -0.480 e. The van der Waals surface area contributed by atoms with Gasteiger partial charge in [-0.2, -0.15) is 5.10 Å². The zero-order valence-corrected chi connectivity index (χ0v) is 11.1. The molecule has 5 heteroatoms. The van der Waals surface area contributed by atoms with Gasteiger partial charge in [-0.25, -0.2) is 0 Å². The molecule has 100 valence electrons. The number of aromatic nitrogens is 2. The zero-order chi connectivity index (χ0) is 13.2. The summed E-state index contributed by atoms with van der Waals surface area (Å²) < 4.78 is 1.78. The van der Waals surface area contributed by atoms with Crippen LogP contribution in [0, 0.1) is 0 Å². The van der Waals surface area contributed by atoms with Gasteiger partial charge in [0.1, 0.15) is 5.54 Å². The molecule has 18 heavy (non-hydrogen) atoms. The lowest BCUT2D eigenvalue weighted by atomic mass is 9.88. The molecule has 1 fully saturated rings. The van der Waals surface area contributed by atoms with Crippen LogP contribution in [0.3, 0.4) is 0 Å². The number of piperidine rings is 1. The molecule has 2 rings (SSSR count). The Kier molecular flexibility index (Phi) is 3.71. The van der Waals surface area contributed by atoms with Crippen molar-refractivity contribution in [2.45, 2.75) is 38.1 Å². The standard InChI is InChI=1S/C13H21N3O2/c1-13(12(17)18)6-3-4-7-16(13)8-5-11-9-14-15(2)10-11/h9-10H,3-8H2,1-2H3,(H,17,18). The summed E-state index contributed by atoms with van der Waals surface area (Å²) in [5.74, 6) is -0.701. The molecule has 1 atom stereocenters. The smallest absolute Gasteiger partial charge is 0.323 e. The maximum absolute atomic E-state index is 11.4. The normalized spacial score (nSPS) is 25.2. The number of nitrogens with zero attached hydrogens (tertiary/aromatic N) is 3. The molecule has 0 bridgehead atoms. The minimum absolute atomic E-state index is 0.694. The van der Waals surface area contributed by atoms with Crippen molar-refractivity contribution in [1.29, 1.82) is 0 Å². The van der Waals surface area contributed by atoms with Crippen molar-refractivity contribution in [2.24, 2.45) is 7.05 Å². The van der Waals surface area contributed by atoms with E-state index in [0.29, 0.717) is 0 Å². The van der Waals surface area contributed by atoms with Gasteiger partial charge in [-0.3, -0.25) is 14.4 Å². The van der Waals surface area contributed by atoms with Gasteiger partial charge < -0.3 is 5.11 Å². The Bertz CT molecular complexity index is 430. The Morgan fingerprint density at radius 2 is 2.33 bits per heavy atom. The van der Waals surface area contributed by atoms with Gasteiger partial charge in [0.05, 0.1) is 6.20 Å². The molecular weight excluding hydrogens is 230 g/mol. The first-order valence-electron chi connectivity index (χ1n) is 6.48. The van der Waals surface area contributed by atoms with Gasteiger partial charge >= 0.3 is 5.97 Å². The SMILES string of the molecule is Cn1cc(CCN2CCCCC2(C)C(=O)O)cn1. The highest BCUT2D eigenvalue weighted by atomic mass is 16.4. The van der Waals surface area contributed by atoms with Crippen LogP contribution in [0.15, 0.2) is 12.4 Å². The molecule has 1 unspecified atom stereocenters. The molecule has 1 saturated heterocycles. The Labute approximate surface area is 107 Å². The van der Waals surface area contributed by atoms with Gasteiger partial charge in [0.15, 0.2) is 0 Å². The van der Waals surface area contributed by atoms with E-state index in [-0.39, 0.29) is 0 Å². The third-order valence-corrected chi connectivity index (χ3v) is 3.93. The highest BCUT2D eigenvalue weighted by Gasteiger charge is 2.40. The number of hydrogen-bond acceptors (Lipinski definition) is 3. The Morgan fingerprint density at radius 1 is 1.56 bits per heavy atom. The van der Waals surface area contributed by atoms with E-state index in [4.69, 9.17) is 0 Å². The van der Waals surface area contributed by atoms with Gasteiger partial charge in [0.2, 0.25) is 0 Å². The van der Waals surface area contributed by atoms with Crippen LogP contribution in [-0.2, 0) is 18.3 Å². The first-order chi connectivity index (χ1) is 8.52. The fraction of sp³-hybridized carbons (Fsp3) is 0.692. The molecule has 0 radical (unpaired) electrons. The maximum Gasteiger partial charge on any atom is 0.323 e. The van der Waals surface area contributed by atoms with E-state index >= 15 is 0 Å². The molecule has 2 heterocycles. The number of carboxylic acids is 1. The molecule has 1 aliphatic rings. The van der Waals surface area contributed by atoms with Crippen molar-refractivity contribution in [3.63, 3.8) is 0 Å². The lowest BCUT2D eigenvalue weighted by molar-refractivity contribution is -0.152. The van der Waals surface area contributed by atoms with Crippen molar-refractivity contribution in [1.82, 2.24) is 14.7 Å². The van der Waals surface area contributed by atoms with E-state index in [1.165, 1.54) is 0 Å². The third-order valence-electron chi connectivity index (χ3n) is 3.93. The number of rotatable bonds is 4. The number of aryl methyl sites for hydroxylation is 1. The Balaban J connectivity index is 2.00. The van der Waals surface area contributed by atoms with E-state index in [0.717, 1.165) is 44.3 Å². The summed E-state index contributed by atoms with van der Waals surface area (Å²) in [6, 6.07) is 0. The van der Waals surface area contributed by atoms with Crippen molar-refractivity contribution in [3.05, 3.63) is 18.0 Å². The fourth-order valence-electron chi connectivity index (χ4n) is 2.64. The molecule has 1 N–H and O–H groups in total. The minimum atomic E-state index is -0.701. The van der Waals surface area contributed by atoms with E-state index in [9.17, 15) is 9.90 Å². The molecule has 1 aromatic rings. The summed E-state index contributed by atoms with van der Waals surface area (Å²) in [6.45, 7) is 3.51. The van der Waals surface area contributed by atoms with Gasteiger partial charge in [-0.05, 0) is 44.7 Å². The van der Waals surface area contributed by atoms with Gasteiger partial charge in [-0.1, -0.05) is 0 Å². The largest absolute Gasteiger partial charge is 0.480 e. The lowest BCUT2D eigenvalue weighted by Gasteiger charge is -2.41. The second-order valence-electron chi connectivity index (χ2n) is 5.30. The van der Waals surface area contributed by atoms with E-state index in [1.54, 1.807) is 4.68 Å². The van der Waals surface area contributed by atoms with Crippen molar-refractivity contribution >= 4 is 5.97 Å². The van der Waals surface area contributed by atoms with Crippen LogP contribution in [0.25, 0.3) is 0 Å². The van der Waals surface area contributed by atoms with Crippen molar-refractivity contribution in [3.8, 4) is 0 Å². The van der Waals surface area contributed by atoms with E-state index < -0.39 is 11.5 Å². The number of aliphatic carboxylic acids is 1. The van der Waals surface area contributed by atoms with Crippen LogP contribution in [-0.4, -0.2) is 44.4 Å². The molecule has 0 aromatic carbocycles. The highest BCUT2D eigenvalue weighted by Crippen LogP contribution is 2.28. The Morgan fingerprint density at radius 3 is 2.94 bits per heavy atom. The number of carbonyl (C=O) groups is 1. The maximum atomic E-state index is 11.4. The molecule has 0 amide bonds. The first-order valence-corrected chi connectivity index (χ1v) is 6.48. The summed E-state index contributed by atoms with van der Waals surface area (Å²) in [5.41, 5.74) is 0.469. The quantitative estimate of drug-likeness (QED) is 0.876. The summed E-state index contributed by atoms with van der Waals surface area (Å²) in [5, 5.41) is 13.5. The molecule has 0 spiro atoms. The molecule has 0 aliphatic carbocycles. The predicted molar refractivity (Wildman–Crippen MR) is 68.4 cm³/mol. The van der Waals surface area contributed by atoms with Crippen molar-refractivity contribution < 1.29 is 9.90 Å². The monoisotopic (exact) mass is 251 g/mol. The summed E-state index contributed by atoms with van der Waals surface area (Å²) in [6.07, 6.45) is 7.54. The molecule has 1 aromatic heterocycles. The van der Waals surface area contributed by atoms with Crippen LogP contribution < -0.4 is 0 Å². The summed E-state index contributed by atoms with van der Waals surface area (Å²) >= 11 is 0. The highest BCUT2D eigenvalue weighted by molar-refractivity contribution is 5.78. The average molecular weight is 251 g/mol. The lowest BCUT2D eigenvalue weighted by Crippen LogP contribution is -2.55. The Hall–Kier alpha value is -1.36. The number of likely N-dealkylation sites (tertiary alicyclic amines) is 1. The average Bonchev–Trinajstić information content (AvgIpc) is 2.74. The second-order valence-corrected chi connectivity index (χ2v) is 5.30. The fourth-order valence-corrected chi connectivity index (χ4v) is 2.64. The predicted octanol–water partition coefficient (Wildman–Crippen LogP) is 1.29. The zero-order valence-electron chi connectivity index (χ0n) is 11.1. The van der Waals surface area contributed by atoms with E-state index in [2.05, 4.69) is 10.00 Å². The van der Waals surface area contributed by atoms with Crippen molar-refractivity contribution in [2.75, 3.05) is 13.1 Å². The van der Waals surface area contributed by atoms with E-state index in [1.807, 2.05) is 26.4 Å². The molecule has 5 nitrogen and oxygen atoms in total. The van der Waals surface area contributed by atoms with Gasteiger partial charge in [-0.15, -0.1) is 0 Å². The van der Waals surface area contributed by atoms with Crippen LogP contribution in [0.2, 0.25) is 0 Å². The van der Waals surface area contributed by atoms with Crippen LogP contribution in [0.4, 0.5) is 0 Å².